The van der Waals surface area contributed by atoms with Crippen molar-refractivity contribution in [3.8, 4) is 0 Å². The average molecular weight is 302 g/mol. The summed E-state index contributed by atoms with van der Waals surface area (Å²) in [5.41, 5.74) is 6.10. The first kappa shape index (κ1) is 11.3. The second kappa shape index (κ2) is 5.25. The quantitative estimate of drug-likeness (QED) is 0.916. The fourth-order valence-electron chi connectivity index (χ4n) is 1.48. The molecule has 15 heavy (non-hydrogen) atoms. The van der Waals surface area contributed by atoms with E-state index in [9.17, 15) is 0 Å². The number of rotatable bonds is 4. The summed E-state index contributed by atoms with van der Waals surface area (Å²) in [5.74, 6) is 0. The van der Waals surface area contributed by atoms with E-state index >= 15 is 0 Å². The van der Waals surface area contributed by atoms with Crippen molar-refractivity contribution in [1.82, 2.24) is 0 Å². The summed E-state index contributed by atoms with van der Waals surface area (Å²) in [6, 6.07) is 8.68. The lowest BCUT2D eigenvalue weighted by molar-refractivity contribution is 0.677. The third-order valence-corrected chi connectivity index (χ3v) is 4.68. The number of hydrogen-bond acceptors (Lipinski definition) is 3. The van der Waals surface area contributed by atoms with Gasteiger partial charge in [-0.25, -0.2) is 0 Å². The summed E-state index contributed by atoms with van der Waals surface area (Å²) in [6.45, 7) is 0. The number of thiophene rings is 2. The normalized spacial score (nSPS) is 12.9. The lowest BCUT2D eigenvalue weighted by Crippen LogP contribution is -2.24. The molecule has 0 amide bonds. The highest BCUT2D eigenvalue weighted by atomic mass is 79.9. The van der Waals surface area contributed by atoms with E-state index in [-0.39, 0.29) is 6.04 Å². The Hall–Kier alpha value is -0.160. The van der Waals surface area contributed by atoms with E-state index in [1.54, 1.807) is 22.7 Å². The molecule has 1 nitrogen and oxygen atoms in total. The van der Waals surface area contributed by atoms with E-state index in [2.05, 4.69) is 45.6 Å². The Labute approximate surface area is 106 Å². The largest absolute Gasteiger partial charge is 0.327 e. The maximum Gasteiger partial charge on any atom is 0.0701 e. The van der Waals surface area contributed by atoms with Gasteiger partial charge in [0.05, 0.1) is 3.79 Å². The molecule has 0 bridgehead atoms. The van der Waals surface area contributed by atoms with Crippen molar-refractivity contribution in [1.29, 1.82) is 0 Å². The maximum atomic E-state index is 6.10. The van der Waals surface area contributed by atoms with Crippen LogP contribution in [-0.2, 0) is 12.8 Å². The van der Waals surface area contributed by atoms with Crippen LogP contribution in [0.4, 0.5) is 0 Å². The van der Waals surface area contributed by atoms with Crippen molar-refractivity contribution in [2.24, 2.45) is 5.73 Å². The SMILES string of the molecule is NC(Cc1cccs1)Cc1ccc(Br)s1. The highest BCUT2D eigenvalue weighted by molar-refractivity contribution is 9.11. The Kier molecular flexibility index (Phi) is 3.97. The summed E-state index contributed by atoms with van der Waals surface area (Å²) in [7, 11) is 0. The van der Waals surface area contributed by atoms with E-state index in [1.165, 1.54) is 13.5 Å². The summed E-state index contributed by atoms with van der Waals surface area (Å²) in [4.78, 5) is 2.73. The highest BCUT2D eigenvalue weighted by Crippen LogP contribution is 2.23. The van der Waals surface area contributed by atoms with Crippen molar-refractivity contribution in [2.45, 2.75) is 18.9 Å². The van der Waals surface area contributed by atoms with Crippen LogP contribution in [0.5, 0.6) is 0 Å². The Morgan fingerprint density at radius 3 is 2.60 bits per heavy atom. The molecule has 4 heteroatoms. The predicted octanol–water partition coefficient (Wildman–Crippen LogP) is 3.68. The van der Waals surface area contributed by atoms with Gasteiger partial charge in [-0.3, -0.25) is 0 Å². The lowest BCUT2D eigenvalue weighted by Gasteiger charge is -2.08. The molecular formula is C11H12BrNS2. The van der Waals surface area contributed by atoms with Crippen LogP contribution in [0.25, 0.3) is 0 Å². The molecule has 1 unspecified atom stereocenters. The minimum absolute atomic E-state index is 0.231. The van der Waals surface area contributed by atoms with Gasteiger partial charge in [0.2, 0.25) is 0 Å². The van der Waals surface area contributed by atoms with E-state index in [4.69, 9.17) is 5.73 Å². The van der Waals surface area contributed by atoms with Crippen LogP contribution >= 0.6 is 38.6 Å². The molecule has 80 valence electrons. The molecule has 0 aliphatic rings. The summed E-state index contributed by atoms with van der Waals surface area (Å²) in [6.07, 6.45) is 1.95. The van der Waals surface area contributed by atoms with E-state index < -0.39 is 0 Å². The third-order valence-electron chi connectivity index (χ3n) is 2.14. The van der Waals surface area contributed by atoms with Gasteiger partial charge in [-0.2, -0.15) is 0 Å². The van der Waals surface area contributed by atoms with Gasteiger partial charge >= 0.3 is 0 Å². The zero-order chi connectivity index (χ0) is 10.7. The van der Waals surface area contributed by atoms with Gasteiger partial charge in [-0.1, -0.05) is 6.07 Å². The molecule has 2 N–H and O–H groups in total. The average Bonchev–Trinajstić information content (AvgIpc) is 2.77. The van der Waals surface area contributed by atoms with Gasteiger partial charge < -0.3 is 5.73 Å². The molecule has 0 fully saturated rings. The predicted molar refractivity (Wildman–Crippen MR) is 71.7 cm³/mol. The molecule has 2 rings (SSSR count). The first-order chi connectivity index (χ1) is 7.24. The van der Waals surface area contributed by atoms with Crippen LogP contribution in [0, 0.1) is 0 Å². The van der Waals surface area contributed by atoms with Gasteiger partial charge in [0.15, 0.2) is 0 Å². The van der Waals surface area contributed by atoms with E-state index in [1.807, 2.05) is 0 Å². The lowest BCUT2D eigenvalue weighted by atomic mass is 10.1. The molecule has 0 saturated carbocycles. The highest BCUT2D eigenvalue weighted by Gasteiger charge is 2.07. The summed E-state index contributed by atoms with van der Waals surface area (Å²) >= 11 is 7.01. The second-order valence-corrected chi connectivity index (χ2v) is 7.03. The van der Waals surface area contributed by atoms with Gasteiger partial charge in [0.25, 0.3) is 0 Å². The van der Waals surface area contributed by atoms with Crippen LogP contribution in [0.3, 0.4) is 0 Å². The third kappa shape index (κ3) is 3.41. The molecule has 2 aromatic rings. The number of hydrogen-bond donors (Lipinski definition) is 1. The van der Waals surface area contributed by atoms with Gasteiger partial charge in [0, 0.05) is 15.8 Å². The fraction of sp³-hybridized carbons (Fsp3) is 0.273. The van der Waals surface area contributed by atoms with Crippen molar-refractivity contribution in [3.05, 3.63) is 43.2 Å². The summed E-state index contributed by atoms with van der Waals surface area (Å²) in [5, 5.41) is 2.10. The topological polar surface area (TPSA) is 26.0 Å². The molecular weight excluding hydrogens is 290 g/mol. The van der Waals surface area contributed by atoms with Gasteiger partial charge in [0.1, 0.15) is 0 Å². The fourth-order valence-corrected chi connectivity index (χ4v) is 3.85. The number of nitrogens with two attached hydrogens (primary N) is 1. The van der Waals surface area contributed by atoms with Crippen LogP contribution in [0.15, 0.2) is 33.4 Å². The molecule has 0 aromatic carbocycles. The van der Waals surface area contributed by atoms with Crippen LogP contribution in [0.2, 0.25) is 0 Å². The van der Waals surface area contributed by atoms with Crippen molar-refractivity contribution >= 4 is 38.6 Å². The molecule has 1 atom stereocenters. The molecule has 2 aromatic heterocycles. The first-order valence-corrected chi connectivity index (χ1v) is 7.25. The van der Waals surface area contributed by atoms with Crippen LogP contribution in [0.1, 0.15) is 9.75 Å². The molecule has 0 aliphatic carbocycles. The Morgan fingerprint density at radius 1 is 1.20 bits per heavy atom. The maximum absolute atomic E-state index is 6.10. The molecule has 0 spiro atoms. The monoisotopic (exact) mass is 301 g/mol. The molecule has 0 radical (unpaired) electrons. The molecule has 2 heterocycles. The molecule has 0 aliphatic heterocycles. The Morgan fingerprint density at radius 2 is 2.00 bits per heavy atom. The standard InChI is InChI=1S/C11H12BrNS2/c12-11-4-3-10(15-11)7-8(13)6-9-2-1-5-14-9/h1-5,8H,6-7,13H2. The minimum atomic E-state index is 0.231. The smallest absolute Gasteiger partial charge is 0.0701 e. The van der Waals surface area contributed by atoms with E-state index in [0.29, 0.717) is 0 Å². The van der Waals surface area contributed by atoms with Crippen molar-refractivity contribution < 1.29 is 0 Å². The van der Waals surface area contributed by atoms with Crippen LogP contribution < -0.4 is 5.73 Å². The Balaban J connectivity index is 1.90. The summed E-state index contributed by atoms with van der Waals surface area (Å²) < 4.78 is 1.18. The van der Waals surface area contributed by atoms with Gasteiger partial charge in [-0.05, 0) is 52.4 Å². The zero-order valence-electron chi connectivity index (χ0n) is 8.15. The van der Waals surface area contributed by atoms with Crippen LogP contribution in [-0.4, -0.2) is 6.04 Å². The van der Waals surface area contributed by atoms with E-state index in [0.717, 1.165) is 12.8 Å². The van der Waals surface area contributed by atoms with Crippen molar-refractivity contribution in [2.75, 3.05) is 0 Å². The Bertz CT molecular complexity index is 408. The number of halogens is 1. The molecule has 0 saturated heterocycles. The van der Waals surface area contributed by atoms with Gasteiger partial charge in [-0.15, -0.1) is 22.7 Å². The first-order valence-electron chi connectivity index (χ1n) is 4.76. The minimum Gasteiger partial charge on any atom is -0.327 e. The second-order valence-electron chi connectivity index (χ2n) is 3.45. The zero-order valence-corrected chi connectivity index (χ0v) is 11.4. The van der Waals surface area contributed by atoms with Crippen molar-refractivity contribution in [3.63, 3.8) is 0 Å².